The normalized spacial score (nSPS) is 35.1. The molecule has 1 heterocycles. The Morgan fingerprint density at radius 2 is 2.10 bits per heavy atom. The Bertz CT molecular complexity index is 488. The zero-order valence-electron chi connectivity index (χ0n) is 13.2. The van der Waals surface area contributed by atoms with Crippen molar-refractivity contribution in [3.8, 4) is 0 Å². The molecule has 3 aliphatic carbocycles. The molecule has 2 saturated carbocycles. The minimum absolute atomic E-state index is 0.664. The van der Waals surface area contributed by atoms with Gasteiger partial charge in [0, 0.05) is 23.9 Å². The summed E-state index contributed by atoms with van der Waals surface area (Å²) in [5, 5.41) is 3.93. The van der Waals surface area contributed by atoms with Crippen LogP contribution in [0.4, 0.5) is 0 Å². The molecule has 3 aliphatic rings. The molecule has 114 valence electrons. The van der Waals surface area contributed by atoms with Crippen LogP contribution in [0.15, 0.2) is 18.3 Å². The summed E-state index contributed by atoms with van der Waals surface area (Å²) < 4.78 is 0. The van der Waals surface area contributed by atoms with Crippen molar-refractivity contribution in [2.45, 2.75) is 63.8 Å². The number of rotatable bonds is 5. The highest BCUT2D eigenvalue weighted by Gasteiger charge is 2.57. The zero-order valence-corrected chi connectivity index (χ0v) is 13.2. The van der Waals surface area contributed by atoms with E-state index >= 15 is 0 Å². The van der Waals surface area contributed by atoms with Gasteiger partial charge in [-0.25, -0.2) is 0 Å². The van der Waals surface area contributed by atoms with Gasteiger partial charge in [0.2, 0.25) is 0 Å². The van der Waals surface area contributed by atoms with E-state index in [0.717, 1.165) is 17.8 Å². The van der Waals surface area contributed by atoms with Gasteiger partial charge in [-0.1, -0.05) is 19.4 Å². The van der Waals surface area contributed by atoms with E-state index in [1.54, 1.807) is 0 Å². The monoisotopic (exact) mass is 284 g/mol. The lowest BCUT2D eigenvalue weighted by atomic mass is 9.79. The van der Waals surface area contributed by atoms with Gasteiger partial charge in [-0.2, -0.15) is 0 Å². The molecule has 0 saturated heterocycles. The molecule has 2 nitrogen and oxygen atoms in total. The summed E-state index contributed by atoms with van der Waals surface area (Å²) in [7, 11) is 0. The third-order valence-corrected chi connectivity index (χ3v) is 6.19. The highest BCUT2D eigenvalue weighted by Crippen LogP contribution is 2.61. The molecule has 0 aliphatic heterocycles. The first kappa shape index (κ1) is 13.8. The van der Waals surface area contributed by atoms with Crippen LogP contribution in [0.2, 0.25) is 0 Å². The summed E-state index contributed by atoms with van der Waals surface area (Å²) >= 11 is 0. The molecule has 1 aromatic rings. The molecule has 0 radical (unpaired) electrons. The van der Waals surface area contributed by atoms with E-state index in [-0.39, 0.29) is 0 Å². The highest BCUT2D eigenvalue weighted by atomic mass is 15.0. The number of nitrogens with one attached hydrogen (secondary N) is 1. The lowest BCUT2D eigenvalue weighted by molar-refractivity contribution is 0.321. The molecule has 1 aromatic heterocycles. The van der Waals surface area contributed by atoms with Gasteiger partial charge in [0.1, 0.15) is 0 Å². The third kappa shape index (κ3) is 2.42. The van der Waals surface area contributed by atoms with Crippen LogP contribution < -0.4 is 5.32 Å². The van der Waals surface area contributed by atoms with E-state index in [2.05, 4.69) is 24.4 Å². The van der Waals surface area contributed by atoms with Crippen molar-refractivity contribution in [1.29, 1.82) is 0 Å². The zero-order chi connectivity index (χ0) is 14.2. The van der Waals surface area contributed by atoms with Gasteiger partial charge in [-0.3, -0.25) is 4.98 Å². The Hall–Kier alpha value is -0.890. The van der Waals surface area contributed by atoms with Crippen molar-refractivity contribution in [1.82, 2.24) is 10.3 Å². The SMILES string of the molecule is CCCNC(C1CCCc2cccnc21)C1C2CCCC21. The van der Waals surface area contributed by atoms with Gasteiger partial charge in [0.15, 0.2) is 0 Å². The van der Waals surface area contributed by atoms with E-state index in [1.807, 2.05) is 6.20 Å². The van der Waals surface area contributed by atoms with Crippen molar-refractivity contribution >= 4 is 0 Å². The van der Waals surface area contributed by atoms with Crippen LogP contribution in [0.25, 0.3) is 0 Å². The third-order valence-electron chi connectivity index (χ3n) is 6.19. The lowest BCUT2D eigenvalue weighted by Crippen LogP contribution is -2.40. The smallest absolute Gasteiger partial charge is 0.0482 e. The van der Waals surface area contributed by atoms with Crippen LogP contribution in [0.3, 0.4) is 0 Å². The van der Waals surface area contributed by atoms with Crippen LogP contribution in [0.1, 0.15) is 62.6 Å². The maximum absolute atomic E-state index is 4.79. The van der Waals surface area contributed by atoms with Crippen LogP contribution in [-0.4, -0.2) is 17.6 Å². The summed E-state index contributed by atoms with van der Waals surface area (Å²) in [6, 6.07) is 5.11. The second kappa shape index (κ2) is 5.72. The molecular formula is C19H28N2. The second-order valence-electron chi connectivity index (χ2n) is 7.36. The average molecular weight is 284 g/mol. The fourth-order valence-corrected chi connectivity index (χ4v) is 5.26. The van der Waals surface area contributed by atoms with Crippen molar-refractivity contribution in [2.24, 2.45) is 17.8 Å². The van der Waals surface area contributed by atoms with E-state index in [4.69, 9.17) is 4.98 Å². The molecule has 4 rings (SSSR count). The highest BCUT2D eigenvalue weighted by molar-refractivity contribution is 5.29. The molecule has 0 bridgehead atoms. The Labute approximate surface area is 128 Å². The van der Waals surface area contributed by atoms with Crippen LogP contribution in [0, 0.1) is 17.8 Å². The first-order valence-electron chi connectivity index (χ1n) is 9.07. The van der Waals surface area contributed by atoms with Crippen molar-refractivity contribution in [2.75, 3.05) is 6.54 Å². The Morgan fingerprint density at radius 1 is 1.24 bits per heavy atom. The van der Waals surface area contributed by atoms with Gasteiger partial charge in [-0.15, -0.1) is 0 Å². The van der Waals surface area contributed by atoms with E-state index in [9.17, 15) is 0 Å². The molecule has 0 amide bonds. The number of aromatic nitrogens is 1. The van der Waals surface area contributed by atoms with Crippen molar-refractivity contribution < 1.29 is 0 Å². The second-order valence-corrected chi connectivity index (χ2v) is 7.36. The molecular weight excluding hydrogens is 256 g/mol. The first-order chi connectivity index (χ1) is 10.4. The number of hydrogen-bond acceptors (Lipinski definition) is 2. The molecule has 0 aromatic carbocycles. The molecule has 1 N–H and O–H groups in total. The quantitative estimate of drug-likeness (QED) is 0.886. The topological polar surface area (TPSA) is 24.9 Å². The fourth-order valence-electron chi connectivity index (χ4n) is 5.26. The average Bonchev–Trinajstić information content (AvgIpc) is 2.99. The number of pyridine rings is 1. The molecule has 2 fully saturated rings. The van der Waals surface area contributed by atoms with Gasteiger partial charge >= 0.3 is 0 Å². The van der Waals surface area contributed by atoms with E-state index in [1.165, 1.54) is 62.7 Å². The minimum Gasteiger partial charge on any atom is -0.313 e. The van der Waals surface area contributed by atoms with Gasteiger partial charge < -0.3 is 5.32 Å². The predicted molar refractivity (Wildman–Crippen MR) is 86.3 cm³/mol. The maximum Gasteiger partial charge on any atom is 0.0482 e. The number of fused-ring (bicyclic) bond motifs is 2. The molecule has 0 spiro atoms. The molecule has 4 atom stereocenters. The first-order valence-corrected chi connectivity index (χ1v) is 9.07. The van der Waals surface area contributed by atoms with Gasteiger partial charge in [0.05, 0.1) is 0 Å². The minimum atomic E-state index is 0.664. The molecule has 21 heavy (non-hydrogen) atoms. The lowest BCUT2D eigenvalue weighted by Gasteiger charge is -2.33. The summed E-state index contributed by atoms with van der Waals surface area (Å²) in [5.74, 6) is 3.68. The summed E-state index contributed by atoms with van der Waals surface area (Å²) in [6.45, 7) is 3.45. The molecule has 2 heteroatoms. The Balaban J connectivity index is 1.59. The number of nitrogens with zero attached hydrogens (tertiary/aromatic N) is 1. The number of aryl methyl sites for hydroxylation is 1. The van der Waals surface area contributed by atoms with E-state index < -0.39 is 0 Å². The standard InChI is InChI=1S/C19H28N2/c1-2-11-20-19(17-14-8-4-9-15(14)17)16-10-3-6-13-7-5-12-21-18(13)16/h5,7,12,14-17,19-20H,2-4,6,8-11H2,1H3. The Morgan fingerprint density at radius 3 is 2.90 bits per heavy atom. The number of hydrogen-bond donors (Lipinski definition) is 1. The summed E-state index contributed by atoms with van der Waals surface area (Å²) in [4.78, 5) is 4.79. The van der Waals surface area contributed by atoms with Crippen LogP contribution in [-0.2, 0) is 6.42 Å². The predicted octanol–water partition coefficient (Wildman–Crippen LogP) is 3.92. The van der Waals surface area contributed by atoms with E-state index in [0.29, 0.717) is 12.0 Å². The molecule has 4 unspecified atom stereocenters. The largest absolute Gasteiger partial charge is 0.313 e. The van der Waals surface area contributed by atoms with Gasteiger partial charge in [-0.05, 0) is 74.5 Å². The van der Waals surface area contributed by atoms with Crippen molar-refractivity contribution in [3.63, 3.8) is 0 Å². The summed E-state index contributed by atoms with van der Waals surface area (Å²) in [6.07, 6.45) is 11.6. The fraction of sp³-hybridized carbons (Fsp3) is 0.737. The Kier molecular flexibility index (Phi) is 3.74. The van der Waals surface area contributed by atoms with Crippen LogP contribution in [0.5, 0.6) is 0 Å². The van der Waals surface area contributed by atoms with Crippen molar-refractivity contribution in [3.05, 3.63) is 29.6 Å². The summed E-state index contributed by atoms with van der Waals surface area (Å²) in [5.41, 5.74) is 2.94. The van der Waals surface area contributed by atoms with Crippen LogP contribution >= 0.6 is 0 Å². The maximum atomic E-state index is 4.79. The van der Waals surface area contributed by atoms with Gasteiger partial charge in [0.25, 0.3) is 0 Å².